The van der Waals surface area contributed by atoms with Gasteiger partial charge in [0.05, 0.1) is 11.4 Å². The first-order valence-corrected chi connectivity index (χ1v) is 11.2. The van der Waals surface area contributed by atoms with Crippen molar-refractivity contribution in [2.75, 3.05) is 25.0 Å². The number of carbonyl (C=O) groups excluding carboxylic acids is 1. The van der Waals surface area contributed by atoms with Crippen LogP contribution in [-0.4, -0.2) is 38.8 Å². The minimum atomic E-state index is -3.76. The zero-order valence-corrected chi connectivity index (χ0v) is 17.4. The van der Waals surface area contributed by atoms with Gasteiger partial charge in [-0.1, -0.05) is 48.0 Å². The van der Waals surface area contributed by atoms with Crippen LogP contribution < -0.4 is 4.90 Å². The van der Waals surface area contributed by atoms with Crippen molar-refractivity contribution < 1.29 is 13.2 Å². The fraction of sp³-hybridized carbons (Fsp3) is 0.261. The van der Waals surface area contributed by atoms with Gasteiger partial charge in [-0.3, -0.25) is 4.79 Å². The Morgan fingerprint density at radius 3 is 2.59 bits per heavy atom. The van der Waals surface area contributed by atoms with E-state index in [4.69, 9.17) is 0 Å². The quantitative estimate of drug-likeness (QED) is 0.661. The van der Waals surface area contributed by atoms with E-state index in [1.165, 1.54) is 7.05 Å². The molecule has 150 valence electrons. The number of sulfonamides is 1. The van der Waals surface area contributed by atoms with Gasteiger partial charge in [-0.05, 0) is 54.3 Å². The van der Waals surface area contributed by atoms with Crippen LogP contribution in [0.2, 0.25) is 0 Å². The molecule has 0 N–H and O–H groups in total. The average molecular weight is 409 g/mol. The zero-order chi connectivity index (χ0) is 20.6. The van der Waals surface area contributed by atoms with E-state index in [1.807, 2.05) is 43.3 Å². The first-order valence-electron chi connectivity index (χ1n) is 9.71. The molecule has 3 aromatic rings. The fourth-order valence-corrected chi connectivity index (χ4v) is 5.01. The van der Waals surface area contributed by atoms with Gasteiger partial charge in [0, 0.05) is 19.3 Å². The predicted molar refractivity (Wildman–Crippen MR) is 116 cm³/mol. The second-order valence-corrected chi connectivity index (χ2v) is 9.60. The van der Waals surface area contributed by atoms with Crippen LogP contribution in [0.4, 0.5) is 5.69 Å². The molecule has 1 amide bonds. The van der Waals surface area contributed by atoms with Crippen LogP contribution in [0.15, 0.2) is 65.6 Å². The third-order valence-corrected chi connectivity index (χ3v) is 7.24. The number of hydrogen-bond acceptors (Lipinski definition) is 3. The SMILES string of the molecule is Cc1ccc2c(c1)CCCN2C(=O)CN(C)S(=O)(=O)c1ccc2ccccc2c1. The number of aryl methyl sites for hydroxylation is 2. The summed E-state index contributed by atoms with van der Waals surface area (Å²) in [5, 5.41) is 1.83. The summed E-state index contributed by atoms with van der Waals surface area (Å²) in [6.45, 7) is 2.45. The second-order valence-electron chi connectivity index (χ2n) is 7.55. The van der Waals surface area contributed by atoms with E-state index in [0.717, 1.165) is 44.7 Å². The van der Waals surface area contributed by atoms with Gasteiger partial charge in [0.15, 0.2) is 0 Å². The van der Waals surface area contributed by atoms with Crippen LogP contribution in [-0.2, 0) is 21.2 Å². The summed E-state index contributed by atoms with van der Waals surface area (Å²) < 4.78 is 27.2. The molecular formula is C23H24N2O3S. The topological polar surface area (TPSA) is 57.7 Å². The lowest BCUT2D eigenvalue weighted by atomic mass is 9.99. The Hall–Kier alpha value is -2.70. The van der Waals surface area contributed by atoms with Crippen LogP contribution in [0.25, 0.3) is 10.8 Å². The van der Waals surface area contributed by atoms with Crippen molar-refractivity contribution in [3.63, 3.8) is 0 Å². The molecule has 1 aliphatic rings. The third kappa shape index (κ3) is 3.78. The summed E-state index contributed by atoms with van der Waals surface area (Å²) in [4.78, 5) is 14.9. The molecule has 29 heavy (non-hydrogen) atoms. The molecule has 1 aliphatic heterocycles. The largest absolute Gasteiger partial charge is 0.311 e. The lowest BCUT2D eigenvalue weighted by molar-refractivity contribution is -0.118. The van der Waals surface area contributed by atoms with E-state index in [2.05, 4.69) is 6.07 Å². The fourth-order valence-electron chi connectivity index (χ4n) is 3.85. The van der Waals surface area contributed by atoms with E-state index in [0.29, 0.717) is 6.54 Å². The molecule has 0 aromatic heterocycles. The van der Waals surface area contributed by atoms with Gasteiger partial charge in [0.25, 0.3) is 0 Å². The lowest BCUT2D eigenvalue weighted by Gasteiger charge is -2.31. The molecule has 0 radical (unpaired) electrons. The maximum atomic E-state index is 13.0. The number of anilines is 1. The summed E-state index contributed by atoms with van der Waals surface area (Å²) in [6, 6.07) is 18.7. The second kappa shape index (κ2) is 7.61. The molecule has 0 aliphatic carbocycles. The van der Waals surface area contributed by atoms with E-state index in [9.17, 15) is 13.2 Å². The summed E-state index contributed by atoms with van der Waals surface area (Å²) >= 11 is 0. The van der Waals surface area contributed by atoms with Gasteiger partial charge >= 0.3 is 0 Å². The van der Waals surface area contributed by atoms with Crippen molar-refractivity contribution in [2.24, 2.45) is 0 Å². The van der Waals surface area contributed by atoms with Gasteiger partial charge in [-0.2, -0.15) is 4.31 Å². The Morgan fingerprint density at radius 1 is 1.03 bits per heavy atom. The summed E-state index contributed by atoms with van der Waals surface area (Å²) in [5.74, 6) is -0.207. The van der Waals surface area contributed by atoms with Gasteiger partial charge in [0.1, 0.15) is 0 Å². The van der Waals surface area contributed by atoms with Crippen LogP contribution in [0, 0.1) is 6.92 Å². The van der Waals surface area contributed by atoms with Crippen molar-refractivity contribution in [1.82, 2.24) is 4.31 Å². The van der Waals surface area contributed by atoms with Crippen LogP contribution >= 0.6 is 0 Å². The van der Waals surface area contributed by atoms with Gasteiger partial charge in [-0.25, -0.2) is 8.42 Å². The molecule has 0 fully saturated rings. The number of amides is 1. The normalized spacial score (nSPS) is 14.2. The maximum absolute atomic E-state index is 13.0. The highest BCUT2D eigenvalue weighted by molar-refractivity contribution is 7.89. The molecule has 0 atom stereocenters. The summed E-state index contributed by atoms with van der Waals surface area (Å²) in [7, 11) is -2.30. The number of benzene rings is 3. The van der Waals surface area contributed by atoms with Crippen molar-refractivity contribution in [3.8, 4) is 0 Å². The van der Waals surface area contributed by atoms with Crippen LogP contribution in [0.5, 0.6) is 0 Å². The van der Waals surface area contributed by atoms with Crippen LogP contribution in [0.1, 0.15) is 17.5 Å². The van der Waals surface area contributed by atoms with E-state index < -0.39 is 10.0 Å². The van der Waals surface area contributed by atoms with Crippen molar-refractivity contribution in [3.05, 3.63) is 71.8 Å². The molecule has 0 bridgehead atoms. The number of nitrogens with zero attached hydrogens (tertiary/aromatic N) is 2. The number of fused-ring (bicyclic) bond motifs is 2. The summed E-state index contributed by atoms with van der Waals surface area (Å²) in [5.41, 5.74) is 3.20. The number of hydrogen-bond donors (Lipinski definition) is 0. The Balaban J connectivity index is 1.57. The number of carbonyl (C=O) groups is 1. The van der Waals surface area contributed by atoms with Crippen molar-refractivity contribution in [2.45, 2.75) is 24.7 Å². The standard InChI is InChI=1S/C23H24N2O3S/c1-17-9-12-22-20(14-17)8-5-13-25(22)23(26)16-24(2)29(27,28)21-11-10-18-6-3-4-7-19(18)15-21/h3-4,6-7,9-12,14-15H,5,8,13,16H2,1-2H3. The van der Waals surface area contributed by atoms with Gasteiger partial charge in [-0.15, -0.1) is 0 Å². The van der Waals surface area contributed by atoms with Gasteiger partial charge in [0.2, 0.25) is 15.9 Å². The van der Waals surface area contributed by atoms with E-state index in [1.54, 1.807) is 23.1 Å². The molecule has 3 aromatic carbocycles. The lowest BCUT2D eigenvalue weighted by Crippen LogP contribution is -2.43. The molecule has 0 unspecified atom stereocenters. The van der Waals surface area contributed by atoms with E-state index >= 15 is 0 Å². The molecule has 6 heteroatoms. The minimum absolute atomic E-state index is 0.192. The first kappa shape index (κ1) is 19.6. The zero-order valence-electron chi connectivity index (χ0n) is 16.6. The summed E-state index contributed by atoms with van der Waals surface area (Å²) in [6.07, 6.45) is 1.81. The molecule has 0 spiro atoms. The highest BCUT2D eigenvalue weighted by Gasteiger charge is 2.28. The predicted octanol–water partition coefficient (Wildman–Crippen LogP) is 3.75. The van der Waals surface area contributed by atoms with Crippen molar-refractivity contribution >= 4 is 32.4 Å². The smallest absolute Gasteiger partial charge is 0.243 e. The molecule has 1 heterocycles. The monoisotopic (exact) mass is 408 g/mol. The Kier molecular flexibility index (Phi) is 5.15. The highest BCUT2D eigenvalue weighted by atomic mass is 32.2. The Labute approximate surface area is 171 Å². The van der Waals surface area contributed by atoms with Crippen molar-refractivity contribution in [1.29, 1.82) is 0 Å². The first-order chi connectivity index (χ1) is 13.9. The number of likely N-dealkylation sites (N-methyl/N-ethyl adjacent to an activating group) is 1. The molecule has 5 nitrogen and oxygen atoms in total. The maximum Gasteiger partial charge on any atom is 0.243 e. The highest BCUT2D eigenvalue weighted by Crippen LogP contribution is 2.28. The third-order valence-electron chi connectivity index (χ3n) is 5.44. The molecular weight excluding hydrogens is 384 g/mol. The average Bonchev–Trinajstić information content (AvgIpc) is 2.72. The van der Waals surface area contributed by atoms with E-state index in [-0.39, 0.29) is 17.3 Å². The Bertz CT molecular complexity index is 1190. The molecule has 4 rings (SSSR count). The molecule has 0 saturated heterocycles. The Morgan fingerprint density at radius 2 is 1.79 bits per heavy atom. The molecule has 0 saturated carbocycles. The number of rotatable bonds is 4. The van der Waals surface area contributed by atoms with Gasteiger partial charge < -0.3 is 4.90 Å². The van der Waals surface area contributed by atoms with Crippen LogP contribution in [0.3, 0.4) is 0 Å². The minimum Gasteiger partial charge on any atom is -0.311 e.